The van der Waals surface area contributed by atoms with Gasteiger partial charge in [0.15, 0.2) is 5.78 Å². The lowest BCUT2D eigenvalue weighted by Gasteiger charge is -2.10. The Morgan fingerprint density at radius 1 is 1.03 bits per heavy atom. The van der Waals surface area contributed by atoms with Crippen molar-refractivity contribution >= 4 is 40.8 Å². The van der Waals surface area contributed by atoms with Crippen LogP contribution in [0.3, 0.4) is 0 Å². The number of hydrogen-bond donors (Lipinski definition) is 0. The first-order chi connectivity index (χ1) is 13.9. The summed E-state index contributed by atoms with van der Waals surface area (Å²) >= 11 is 7.17. The van der Waals surface area contributed by atoms with E-state index >= 15 is 0 Å². The van der Waals surface area contributed by atoms with E-state index < -0.39 is 10.9 Å². The maximum atomic E-state index is 12.7. The Morgan fingerprint density at radius 2 is 1.76 bits per heavy atom. The molecule has 3 rings (SSSR count). The van der Waals surface area contributed by atoms with Gasteiger partial charge < -0.3 is 4.74 Å². The van der Waals surface area contributed by atoms with E-state index in [1.54, 1.807) is 48.5 Å². The van der Waals surface area contributed by atoms with Crippen molar-refractivity contribution in [2.45, 2.75) is 16.7 Å². The van der Waals surface area contributed by atoms with E-state index in [1.165, 1.54) is 25.1 Å². The fourth-order valence-corrected chi connectivity index (χ4v) is 3.84. The molecule has 0 aliphatic carbocycles. The summed E-state index contributed by atoms with van der Waals surface area (Å²) in [5.41, 5.74) is 0.490. The van der Waals surface area contributed by atoms with Crippen molar-refractivity contribution in [1.29, 1.82) is 0 Å². The second-order valence-corrected chi connectivity index (χ2v) is 7.38. The first kappa shape index (κ1) is 20.6. The van der Waals surface area contributed by atoms with Crippen LogP contribution in [0.5, 0.6) is 5.75 Å². The first-order valence-corrected chi connectivity index (χ1v) is 9.59. The predicted molar refractivity (Wildman–Crippen MR) is 110 cm³/mol. The molecule has 0 radical (unpaired) electrons. The van der Waals surface area contributed by atoms with Crippen molar-refractivity contribution in [3.63, 3.8) is 0 Å². The van der Waals surface area contributed by atoms with Crippen molar-refractivity contribution in [2.75, 3.05) is 0 Å². The highest BCUT2D eigenvalue weighted by Gasteiger charge is 2.21. The van der Waals surface area contributed by atoms with Crippen molar-refractivity contribution in [2.24, 2.45) is 0 Å². The third-order valence-electron chi connectivity index (χ3n) is 3.91. The molecule has 0 amide bonds. The number of nitro benzene ring substituents is 1. The van der Waals surface area contributed by atoms with Crippen LogP contribution in [0.1, 0.15) is 27.6 Å². The zero-order chi connectivity index (χ0) is 21.0. The molecular formula is C21H14ClNO5S. The van der Waals surface area contributed by atoms with E-state index in [2.05, 4.69) is 0 Å². The average molecular weight is 428 g/mol. The van der Waals surface area contributed by atoms with Crippen LogP contribution < -0.4 is 4.74 Å². The van der Waals surface area contributed by atoms with Crippen LogP contribution >= 0.6 is 23.4 Å². The molecule has 0 heterocycles. The summed E-state index contributed by atoms with van der Waals surface area (Å²) in [6.45, 7) is 1.42. The molecule has 3 aromatic carbocycles. The zero-order valence-electron chi connectivity index (χ0n) is 15.1. The van der Waals surface area contributed by atoms with Crippen LogP contribution in [0.25, 0.3) is 0 Å². The van der Waals surface area contributed by atoms with Crippen LogP contribution in [0, 0.1) is 10.1 Å². The predicted octanol–water partition coefficient (Wildman–Crippen LogP) is 5.82. The minimum Gasteiger partial charge on any atom is -0.423 e. The van der Waals surface area contributed by atoms with E-state index in [-0.39, 0.29) is 32.7 Å². The number of halogens is 1. The summed E-state index contributed by atoms with van der Waals surface area (Å²) in [7, 11) is 0. The standard InChI is InChI=1S/C21H14ClNO5S/c1-13(24)14-6-4-7-15(12-14)28-21(25)16-8-2-3-11-19(16)29-20-17(22)9-5-10-18(20)23(26)27/h2-12H,1H3. The Kier molecular flexibility index (Phi) is 6.31. The molecule has 6 nitrogen and oxygen atoms in total. The number of ketones is 1. The molecule has 146 valence electrons. The normalized spacial score (nSPS) is 10.4. The number of ether oxygens (including phenoxy) is 1. The molecule has 0 aromatic heterocycles. The fourth-order valence-electron chi connectivity index (χ4n) is 2.52. The molecule has 0 saturated carbocycles. The minimum absolute atomic E-state index is 0.148. The lowest BCUT2D eigenvalue weighted by Crippen LogP contribution is -2.10. The molecule has 0 N–H and O–H groups in total. The van der Waals surface area contributed by atoms with Crippen molar-refractivity contribution in [1.82, 2.24) is 0 Å². The van der Waals surface area contributed by atoms with Crippen LogP contribution in [-0.4, -0.2) is 16.7 Å². The van der Waals surface area contributed by atoms with Gasteiger partial charge in [-0.3, -0.25) is 14.9 Å². The minimum atomic E-state index is -0.650. The van der Waals surface area contributed by atoms with Gasteiger partial charge in [-0.2, -0.15) is 0 Å². The van der Waals surface area contributed by atoms with E-state index in [9.17, 15) is 19.7 Å². The first-order valence-electron chi connectivity index (χ1n) is 8.40. The van der Waals surface area contributed by atoms with Crippen LogP contribution in [0.4, 0.5) is 5.69 Å². The van der Waals surface area contributed by atoms with E-state index in [0.717, 1.165) is 11.8 Å². The Bertz CT molecular complexity index is 1120. The van der Waals surface area contributed by atoms with Crippen LogP contribution in [0.2, 0.25) is 5.02 Å². The topological polar surface area (TPSA) is 86.5 Å². The zero-order valence-corrected chi connectivity index (χ0v) is 16.7. The smallest absolute Gasteiger partial charge is 0.344 e. The van der Waals surface area contributed by atoms with Gasteiger partial charge in [0.2, 0.25) is 0 Å². The Labute approximate surface area is 175 Å². The maximum Gasteiger partial charge on any atom is 0.344 e. The van der Waals surface area contributed by atoms with Gasteiger partial charge in [-0.15, -0.1) is 0 Å². The Morgan fingerprint density at radius 3 is 2.48 bits per heavy atom. The number of nitro groups is 1. The monoisotopic (exact) mass is 427 g/mol. The van der Waals surface area contributed by atoms with Gasteiger partial charge in [0.25, 0.3) is 5.69 Å². The quantitative estimate of drug-likeness (QED) is 0.162. The summed E-state index contributed by atoms with van der Waals surface area (Å²) in [5.74, 6) is -0.570. The van der Waals surface area contributed by atoms with Gasteiger partial charge in [-0.05, 0) is 37.3 Å². The molecule has 0 fully saturated rings. The summed E-state index contributed by atoms with van der Waals surface area (Å²) in [5, 5.41) is 11.5. The number of Topliss-reactive ketones (excluding diaryl/α,β-unsaturated/α-hetero) is 1. The van der Waals surface area contributed by atoms with Gasteiger partial charge in [-0.25, -0.2) is 4.79 Å². The van der Waals surface area contributed by atoms with Crippen molar-refractivity contribution in [3.8, 4) is 5.75 Å². The number of carbonyl (C=O) groups is 2. The molecular weight excluding hydrogens is 414 g/mol. The summed E-state index contributed by atoms with van der Waals surface area (Å²) in [6.07, 6.45) is 0. The van der Waals surface area contributed by atoms with Crippen molar-refractivity contribution < 1.29 is 19.2 Å². The molecule has 0 saturated heterocycles. The third-order valence-corrected chi connectivity index (χ3v) is 5.55. The molecule has 3 aromatic rings. The third kappa shape index (κ3) is 4.82. The number of benzene rings is 3. The number of carbonyl (C=O) groups excluding carboxylic acids is 2. The van der Waals surface area contributed by atoms with Gasteiger partial charge in [0.1, 0.15) is 10.6 Å². The van der Waals surface area contributed by atoms with E-state index in [1.807, 2.05) is 0 Å². The Balaban J connectivity index is 1.92. The summed E-state index contributed by atoms with van der Waals surface area (Å²) < 4.78 is 5.41. The van der Waals surface area contributed by atoms with Gasteiger partial charge in [-0.1, -0.05) is 53.7 Å². The van der Waals surface area contributed by atoms with E-state index in [4.69, 9.17) is 16.3 Å². The van der Waals surface area contributed by atoms with Gasteiger partial charge in [0, 0.05) is 16.5 Å². The molecule has 29 heavy (non-hydrogen) atoms. The molecule has 0 spiro atoms. The van der Waals surface area contributed by atoms with Gasteiger partial charge >= 0.3 is 5.97 Å². The highest BCUT2D eigenvalue weighted by atomic mass is 35.5. The second-order valence-electron chi connectivity index (χ2n) is 5.92. The van der Waals surface area contributed by atoms with Crippen LogP contribution in [0.15, 0.2) is 76.5 Å². The SMILES string of the molecule is CC(=O)c1cccc(OC(=O)c2ccccc2Sc2c(Cl)cccc2[N+](=O)[O-])c1. The maximum absolute atomic E-state index is 12.7. The summed E-state index contributed by atoms with van der Waals surface area (Å²) in [6, 6.07) is 17.3. The average Bonchev–Trinajstić information content (AvgIpc) is 2.69. The lowest BCUT2D eigenvalue weighted by atomic mass is 10.1. The lowest BCUT2D eigenvalue weighted by molar-refractivity contribution is -0.387. The molecule has 0 bridgehead atoms. The summed E-state index contributed by atoms with van der Waals surface area (Å²) in [4.78, 5) is 35.7. The molecule has 0 aliphatic rings. The molecule has 8 heteroatoms. The van der Waals surface area contributed by atoms with Crippen molar-refractivity contribution in [3.05, 3.63) is 93.0 Å². The number of nitrogens with zero attached hydrogens (tertiary/aromatic N) is 1. The highest BCUT2D eigenvalue weighted by Crippen LogP contribution is 2.41. The van der Waals surface area contributed by atoms with Crippen LogP contribution in [-0.2, 0) is 0 Å². The van der Waals surface area contributed by atoms with Gasteiger partial charge in [0.05, 0.1) is 15.5 Å². The molecule has 0 aliphatic heterocycles. The second kappa shape index (κ2) is 8.89. The van der Waals surface area contributed by atoms with E-state index in [0.29, 0.717) is 10.5 Å². The fraction of sp³-hybridized carbons (Fsp3) is 0.0476. The largest absolute Gasteiger partial charge is 0.423 e. The molecule has 0 unspecified atom stereocenters. The highest BCUT2D eigenvalue weighted by molar-refractivity contribution is 7.99. The number of rotatable bonds is 6. The number of hydrogen-bond acceptors (Lipinski definition) is 6. The Hall–Kier alpha value is -3.16. The number of esters is 1. The molecule has 0 atom stereocenters.